The monoisotopic (exact) mass is 317 g/mol. The van der Waals surface area contributed by atoms with Crippen LogP contribution in [0.15, 0.2) is 24.3 Å². The number of nitrogens with zero attached hydrogens (tertiary/aromatic N) is 2. The van der Waals surface area contributed by atoms with Crippen molar-refractivity contribution in [3.8, 4) is 0 Å². The summed E-state index contributed by atoms with van der Waals surface area (Å²) >= 11 is 0. The highest BCUT2D eigenvalue weighted by Gasteiger charge is 2.26. The maximum absolute atomic E-state index is 5.82. The van der Waals surface area contributed by atoms with Crippen molar-refractivity contribution in [3.63, 3.8) is 0 Å². The summed E-state index contributed by atoms with van der Waals surface area (Å²) in [4.78, 5) is 5.17. The van der Waals surface area contributed by atoms with Gasteiger partial charge in [0.05, 0.1) is 0 Å². The van der Waals surface area contributed by atoms with Crippen LogP contribution < -0.4 is 5.73 Å². The van der Waals surface area contributed by atoms with Gasteiger partial charge in [-0.15, -0.1) is 24.8 Å². The van der Waals surface area contributed by atoms with Crippen LogP contribution in [0.3, 0.4) is 0 Å². The lowest BCUT2D eigenvalue weighted by Crippen LogP contribution is -2.46. The standard InChI is InChI=1S/C15H23N3.2ClH/c16-15-3-1-2-14(10-15)12-18-8-6-17(7-9-18)11-13-4-5-13;;/h1-3,10,13H,4-9,11-12,16H2;2*1H. The van der Waals surface area contributed by atoms with E-state index in [0.717, 1.165) is 18.2 Å². The van der Waals surface area contributed by atoms with Gasteiger partial charge in [-0.05, 0) is 36.5 Å². The summed E-state index contributed by atoms with van der Waals surface area (Å²) in [5.41, 5.74) is 8.03. The van der Waals surface area contributed by atoms with Gasteiger partial charge in [0.2, 0.25) is 0 Å². The Labute approximate surface area is 134 Å². The molecule has 0 unspecified atom stereocenters. The van der Waals surface area contributed by atoms with E-state index in [1.54, 1.807) is 0 Å². The second-order valence-electron chi connectivity index (χ2n) is 5.77. The van der Waals surface area contributed by atoms with Crippen molar-refractivity contribution in [1.82, 2.24) is 9.80 Å². The average molecular weight is 318 g/mol. The molecule has 0 spiro atoms. The molecule has 1 aliphatic carbocycles. The van der Waals surface area contributed by atoms with Gasteiger partial charge >= 0.3 is 0 Å². The molecule has 0 radical (unpaired) electrons. The quantitative estimate of drug-likeness (QED) is 0.866. The number of hydrogen-bond donors (Lipinski definition) is 1. The number of piperazine rings is 1. The molecule has 2 N–H and O–H groups in total. The molecule has 1 aliphatic heterocycles. The van der Waals surface area contributed by atoms with Crippen molar-refractivity contribution in [2.75, 3.05) is 38.5 Å². The molecular formula is C15H25Cl2N3. The fourth-order valence-electron chi connectivity index (χ4n) is 2.75. The van der Waals surface area contributed by atoms with Crippen molar-refractivity contribution < 1.29 is 0 Å². The van der Waals surface area contributed by atoms with Crippen LogP contribution in [0, 0.1) is 5.92 Å². The molecule has 3 rings (SSSR count). The Kier molecular flexibility index (Phi) is 7.10. The molecule has 0 aromatic heterocycles. The second-order valence-corrected chi connectivity index (χ2v) is 5.77. The summed E-state index contributed by atoms with van der Waals surface area (Å²) in [6.45, 7) is 7.25. The minimum absolute atomic E-state index is 0. The lowest BCUT2D eigenvalue weighted by atomic mass is 10.1. The molecule has 5 heteroatoms. The fraction of sp³-hybridized carbons (Fsp3) is 0.600. The Morgan fingerprint density at radius 1 is 1.00 bits per heavy atom. The molecule has 1 heterocycles. The first-order valence-corrected chi connectivity index (χ1v) is 7.09. The van der Waals surface area contributed by atoms with E-state index in [0.29, 0.717) is 0 Å². The third-order valence-corrected chi connectivity index (χ3v) is 4.04. The zero-order chi connectivity index (χ0) is 12.4. The molecule has 1 aromatic carbocycles. The molecule has 1 saturated carbocycles. The normalized spacial score (nSPS) is 20.0. The SMILES string of the molecule is Cl.Cl.Nc1cccc(CN2CCN(CC3CC3)CC2)c1. The van der Waals surface area contributed by atoms with E-state index in [9.17, 15) is 0 Å². The first kappa shape index (κ1) is 17.6. The molecule has 2 fully saturated rings. The Morgan fingerprint density at radius 3 is 2.25 bits per heavy atom. The molecule has 20 heavy (non-hydrogen) atoms. The molecule has 0 bridgehead atoms. The maximum atomic E-state index is 5.82. The van der Waals surface area contributed by atoms with Gasteiger partial charge in [0, 0.05) is 45.0 Å². The van der Waals surface area contributed by atoms with Crippen molar-refractivity contribution in [1.29, 1.82) is 0 Å². The number of benzene rings is 1. The van der Waals surface area contributed by atoms with E-state index >= 15 is 0 Å². The van der Waals surface area contributed by atoms with E-state index in [4.69, 9.17) is 5.73 Å². The summed E-state index contributed by atoms with van der Waals surface area (Å²) in [6, 6.07) is 8.27. The van der Waals surface area contributed by atoms with E-state index in [2.05, 4.69) is 21.9 Å². The average Bonchev–Trinajstić information content (AvgIpc) is 3.16. The smallest absolute Gasteiger partial charge is 0.0317 e. The van der Waals surface area contributed by atoms with Gasteiger partial charge in [0.25, 0.3) is 0 Å². The van der Waals surface area contributed by atoms with E-state index in [1.165, 1.54) is 51.1 Å². The van der Waals surface area contributed by atoms with Crippen molar-refractivity contribution >= 4 is 30.5 Å². The molecule has 1 saturated heterocycles. The highest BCUT2D eigenvalue weighted by molar-refractivity contribution is 5.85. The van der Waals surface area contributed by atoms with Crippen LogP contribution in [-0.4, -0.2) is 42.5 Å². The van der Waals surface area contributed by atoms with Crippen LogP contribution in [0.4, 0.5) is 5.69 Å². The summed E-state index contributed by atoms with van der Waals surface area (Å²) in [6.07, 6.45) is 2.92. The van der Waals surface area contributed by atoms with E-state index < -0.39 is 0 Å². The van der Waals surface area contributed by atoms with E-state index in [-0.39, 0.29) is 24.8 Å². The fourth-order valence-corrected chi connectivity index (χ4v) is 2.75. The van der Waals surface area contributed by atoms with Crippen LogP contribution >= 0.6 is 24.8 Å². The maximum Gasteiger partial charge on any atom is 0.0317 e. The van der Waals surface area contributed by atoms with Gasteiger partial charge < -0.3 is 10.6 Å². The predicted octanol–water partition coefficient (Wildman–Crippen LogP) is 2.64. The number of rotatable bonds is 4. The zero-order valence-electron chi connectivity index (χ0n) is 11.8. The van der Waals surface area contributed by atoms with Gasteiger partial charge in [-0.2, -0.15) is 0 Å². The number of nitrogens with two attached hydrogens (primary N) is 1. The number of nitrogen functional groups attached to an aromatic ring is 1. The number of hydrogen-bond acceptors (Lipinski definition) is 3. The van der Waals surface area contributed by atoms with Gasteiger partial charge in [-0.25, -0.2) is 0 Å². The summed E-state index contributed by atoms with van der Waals surface area (Å²) in [7, 11) is 0. The zero-order valence-corrected chi connectivity index (χ0v) is 13.5. The first-order chi connectivity index (χ1) is 8.79. The Balaban J connectivity index is 0.000001000. The van der Waals surface area contributed by atoms with Crippen LogP contribution in [0.5, 0.6) is 0 Å². The number of halogens is 2. The third kappa shape index (κ3) is 5.13. The van der Waals surface area contributed by atoms with Crippen molar-refractivity contribution in [3.05, 3.63) is 29.8 Å². The van der Waals surface area contributed by atoms with Gasteiger partial charge in [0.1, 0.15) is 0 Å². The highest BCUT2D eigenvalue weighted by atomic mass is 35.5. The van der Waals surface area contributed by atoms with E-state index in [1.807, 2.05) is 12.1 Å². The topological polar surface area (TPSA) is 32.5 Å². The van der Waals surface area contributed by atoms with Crippen LogP contribution in [-0.2, 0) is 6.54 Å². The largest absolute Gasteiger partial charge is 0.399 e. The molecule has 1 aromatic rings. The Bertz CT molecular complexity index is 402. The predicted molar refractivity (Wildman–Crippen MR) is 89.8 cm³/mol. The van der Waals surface area contributed by atoms with Crippen molar-refractivity contribution in [2.24, 2.45) is 5.92 Å². The van der Waals surface area contributed by atoms with Gasteiger partial charge in [0.15, 0.2) is 0 Å². The summed E-state index contributed by atoms with van der Waals surface area (Å²) in [5.74, 6) is 1.02. The second kappa shape index (κ2) is 8.08. The summed E-state index contributed by atoms with van der Waals surface area (Å²) < 4.78 is 0. The van der Waals surface area contributed by atoms with Crippen LogP contribution in [0.25, 0.3) is 0 Å². The molecule has 0 atom stereocenters. The summed E-state index contributed by atoms with van der Waals surface area (Å²) in [5, 5.41) is 0. The molecule has 2 aliphatic rings. The van der Waals surface area contributed by atoms with Crippen LogP contribution in [0.2, 0.25) is 0 Å². The molecular weight excluding hydrogens is 293 g/mol. The third-order valence-electron chi connectivity index (χ3n) is 4.04. The van der Waals surface area contributed by atoms with Crippen molar-refractivity contribution in [2.45, 2.75) is 19.4 Å². The lowest BCUT2D eigenvalue weighted by Gasteiger charge is -2.34. The first-order valence-electron chi connectivity index (χ1n) is 7.09. The molecule has 114 valence electrons. The Morgan fingerprint density at radius 2 is 1.65 bits per heavy atom. The van der Waals surface area contributed by atoms with Gasteiger partial charge in [-0.1, -0.05) is 12.1 Å². The van der Waals surface area contributed by atoms with Crippen LogP contribution in [0.1, 0.15) is 18.4 Å². The number of anilines is 1. The minimum atomic E-state index is 0. The Hall–Kier alpha value is -0.480. The molecule has 0 amide bonds. The minimum Gasteiger partial charge on any atom is -0.399 e. The van der Waals surface area contributed by atoms with Gasteiger partial charge in [-0.3, -0.25) is 4.90 Å². The highest BCUT2D eigenvalue weighted by Crippen LogP contribution is 2.29. The lowest BCUT2D eigenvalue weighted by molar-refractivity contribution is 0.123. The molecule has 3 nitrogen and oxygen atoms in total.